The molecule has 2 rings (SSSR count). The Morgan fingerprint density at radius 3 is 2.94 bits per heavy atom. The van der Waals surface area contributed by atoms with Crippen molar-refractivity contribution in [2.45, 2.75) is 17.0 Å². The van der Waals surface area contributed by atoms with Gasteiger partial charge in [0.25, 0.3) is 0 Å². The maximum absolute atomic E-state index is 6.05. The summed E-state index contributed by atoms with van der Waals surface area (Å²) in [5, 5.41) is 5.47. The van der Waals surface area contributed by atoms with Gasteiger partial charge in [-0.1, -0.05) is 17.7 Å². The second kappa shape index (κ2) is 5.89. The second-order valence-corrected chi connectivity index (χ2v) is 4.70. The Hall–Kier alpha value is -1.26. The summed E-state index contributed by atoms with van der Waals surface area (Å²) in [6.45, 7) is 2.89. The molecule has 0 fully saturated rings. The molecule has 0 radical (unpaired) electrons. The van der Waals surface area contributed by atoms with Crippen LogP contribution < -0.4 is 5.32 Å². The molecular formula is C12H12ClN3S. The van der Waals surface area contributed by atoms with Crippen LogP contribution in [0.5, 0.6) is 0 Å². The van der Waals surface area contributed by atoms with Crippen LogP contribution in [0.4, 0.5) is 5.82 Å². The molecule has 0 saturated carbocycles. The third kappa shape index (κ3) is 3.35. The Labute approximate surface area is 110 Å². The van der Waals surface area contributed by atoms with Crippen LogP contribution in [0.1, 0.15) is 6.92 Å². The Morgan fingerprint density at radius 1 is 1.29 bits per heavy atom. The number of hydrogen-bond donors (Lipinski definition) is 1. The molecule has 0 amide bonds. The molecule has 2 aromatic heterocycles. The minimum atomic E-state index is 0.646. The normalized spacial score (nSPS) is 10.2. The van der Waals surface area contributed by atoms with Gasteiger partial charge in [-0.3, -0.25) is 0 Å². The van der Waals surface area contributed by atoms with Crippen molar-refractivity contribution in [3.8, 4) is 0 Å². The molecule has 0 atom stereocenters. The molecule has 17 heavy (non-hydrogen) atoms. The lowest BCUT2D eigenvalue weighted by atomic mass is 10.4. The van der Waals surface area contributed by atoms with Crippen molar-refractivity contribution < 1.29 is 0 Å². The molecule has 0 aromatic carbocycles. The Kier molecular flexibility index (Phi) is 4.23. The first-order chi connectivity index (χ1) is 8.29. The van der Waals surface area contributed by atoms with Gasteiger partial charge in [0.2, 0.25) is 0 Å². The van der Waals surface area contributed by atoms with Gasteiger partial charge in [0.1, 0.15) is 15.9 Å². The lowest BCUT2D eigenvalue weighted by Crippen LogP contribution is -1.99. The number of aromatic nitrogens is 2. The fourth-order valence-corrected chi connectivity index (χ4v) is 2.30. The van der Waals surface area contributed by atoms with Crippen molar-refractivity contribution in [2.24, 2.45) is 0 Å². The minimum Gasteiger partial charge on any atom is -0.370 e. The highest BCUT2D eigenvalue weighted by Gasteiger charge is 2.04. The van der Waals surface area contributed by atoms with E-state index < -0.39 is 0 Å². The summed E-state index contributed by atoms with van der Waals surface area (Å²) in [5.41, 5.74) is 0. The predicted octanol–water partition coefficient (Wildman–Crippen LogP) is 3.71. The summed E-state index contributed by atoms with van der Waals surface area (Å²) in [6.07, 6.45) is 1.72. The van der Waals surface area contributed by atoms with Crippen molar-refractivity contribution >= 4 is 29.2 Å². The van der Waals surface area contributed by atoms with E-state index in [1.807, 2.05) is 37.3 Å². The van der Waals surface area contributed by atoms with E-state index in [0.717, 1.165) is 22.4 Å². The molecular weight excluding hydrogens is 254 g/mol. The molecule has 2 heterocycles. The topological polar surface area (TPSA) is 37.8 Å². The van der Waals surface area contributed by atoms with Gasteiger partial charge in [-0.25, -0.2) is 9.97 Å². The van der Waals surface area contributed by atoms with Crippen molar-refractivity contribution in [1.29, 1.82) is 0 Å². The molecule has 5 heteroatoms. The van der Waals surface area contributed by atoms with E-state index in [2.05, 4.69) is 15.3 Å². The molecule has 0 aliphatic heterocycles. The Balaban J connectivity index is 2.18. The van der Waals surface area contributed by atoms with Crippen LogP contribution in [-0.4, -0.2) is 16.5 Å². The van der Waals surface area contributed by atoms with E-state index >= 15 is 0 Å². The van der Waals surface area contributed by atoms with Crippen LogP contribution in [0, 0.1) is 0 Å². The first-order valence-electron chi connectivity index (χ1n) is 5.29. The molecule has 0 aliphatic rings. The smallest absolute Gasteiger partial charge is 0.127 e. The lowest BCUT2D eigenvalue weighted by molar-refractivity contribution is 1.07. The second-order valence-electron chi connectivity index (χ2n) is 3.28. The highest BCUT2D eigenvalue weighted by molar-refractivity contribution is 7.99. The number of nitrogens with one attached hydrogen (secondary N) is 1. The van der Waals surface area contributed by atoms with E-state index in [4.69, 9.17) is 11.6 Å². The number of nitrogens with zero attached hydrogens (tertiary/aromatic N) is 2. The summed E-state index contributed by atoms with van der Waals surface area (Å²) in [5.74, 6) is 0.865. The van der Waals surface area contributed by atoms with E-state index in [-0.39, 0.29) is 0 Å². The standard InChI is InChI=1S/C12H12ClN3S/c1-2-14-10-6-3-7-11(16-10)17-12-9(13)5-4-8-15-12/h3-8H,2H2,1H3,(H,14,16). The molecule has 0 saturated heterocycles. The van der Waals surface area contributed by atoms with Crippen molar-refractivity contribution in [2.75, 3.05) is 11.9 Å². The summed E-state index contributed by atoms with van der Waals surface area (Å²) < 4.78 is 0. The van der Waals surface area contributed by atoms with Crippen LogP contribution in [-0.2, 0) is 0 Å². The number of anilines is 1. The van der Waals surface area contributed by atoms with Crippen molar-refractivity contribution in [3.63, 3.8) is 0 Å². The first-order valence-corrected chi connectivity index (χ1v) is 6.48. The number of halogens is 1. The molecule has 0 aliphatic carbocycles. The average Bonchev–Trinajstić information content (AvgIpc) is 2.33. The van der Waals surface area contributed by atoms with Gasteiger partial charge >= 0.3 is 0 Å². The molecule has 0 bridgehead atoms. The molecule has 2 aromatic rings. The van der Waals surface area contributed by atoms with Gasteiger partial charge in [-0.05, 0) is 43.0 Å². The Morgan fingerprint density at radius 2 is 2.18 bits per heavy atom. The van der Waals surface area contributed by atoms with Gasteiger partial charge in [0.05, 0.1) is 5.02 Å². The molecule has 88 valence electrons. The SMILES string of the molecule is CCNc1cccc(Sc2ncccc2Cl)n1. The van der Waals surface area contributed by atoms with Crippen LogP contribution in [0.15, 0.2) is 46.6 Å². The van der Waals surface area contributed by atoms with E-state index in [1.54, 1.807) is 6.20 Å². The van der Waals surface area contributed by atoms with Gasteiger partial charge < -0.3 is 5.32 Å². The largest absolute Gasteiger partial charge is 0.370 e. The number of pyridine rings is 2. The quantitative estimate of drug-likeness (QED) is 0.914. The molecule has 0 unspecified atom stereocenters. The fraction of sp³-hybridized carbons (Fsp3) is 0.167. The van der Waals surface area contributed by atoms with Gasteiger partial charge in [-0.15, -0.1) is 0 Å². The summed E-state index contributed by atoms with van der Waals surface area (Å²) in [7, 11) is 0. The lowest BCUT2D eigenvalue weighted by Gasteiger charge is -2.05. The van der Waals surface area contributed by atoms with Crippen molar-refractivity contribution in [3.05, 3.63) is 41.6 Å². The first kappa shape index (κ1) is 12.2. The summed E-state index contributed by atoms with van der Waals surface area (Å²) in [6, 6.07) is 9.48. The van der Waals surface area contributed by atoms with Crippen LogP contribution >= 0.6 is 23.4 Å². The molecule has 1 N–H and O–H groups in total. The maximum atomic E-state index is 6.05. The third-order valence-electron chi connectivity index (χ3n) is 2.01. The molecule has 3 nitrogen and oxygen atoms in total. The summed E-state index contributed by atoms with van der Waals surface area (Å²) >= 11 is 7.51. The van der Waals surface area contributed by atoms with Crippen LogP contribution in [0.2, 0.25) is 5.02 Å². The van der Waals surface area contributed by atoms with Crippen LogP contribution in [0.25, 0.3) is 0 Å². The monoisotopic (exact) mass is 265 g/mol. The van der Waals surface area contributed by atoms with Crippen molar-refractivity contribution in [1.82, 2.24) is 9.97 Å². The van der Waals surface area contributed by atoms with Gasteiger partial charge in [0, 0.05) is 12.7 Å². The molecule has 0 spiro atoms. The highest BCUT2D eigenvalue weighted by atomic mass is 35.5. The van der Waals surface area contributed by atoms with E-state index in [9.17, 15) is 0 Å². The predicted molar refractivity (Wildman–Crippen MR) is 71.8 cm³/mol. The van der Waals surface area contributed by atoms with Gasteiger partial charge in [-0.2, -0.15) is 0 Å². The maximum Gasteiger partial charge on any atom is 0.127 e. The average molecular weight is 266 g/mol. The Bertz CT molecular complexity index is 505. The fourth-order valence-electron chi connectivity index (χ4n) is 1.30. The van der Waals surface area contributed by atoms with E-state index in [0.29, 0.717) is 5.02 Å². The zero-order chi connectivity index (χ0) is 12.1. The minimum absolute atomic E-state index is 0.646. The van der Waals surface area contributed by atoms with Gasteiger partial charge in [0.15, 0.2) is 0 Å². The number of rotatable bonds is 4. The van der Waals surface area contributed by atoms with Crippen LogP contribution in [0.3, 0.4) is 0 Å². The zero-order valence-corrected chi connectivity index (χ0v) is 10.9. The zero-order valence-electron chi connectivity index (χ0n) is 9.35. The summed E-state index contributed by atoms with van der Waals surface area (Å²) in [4.78, 5) is 8.67. The number of hydrogen-bond acceptors (Lipinski definition) is 4. The highest BCUT2D eigenvalue weighted by Crippen LogP contribution is 2.30. The third-order valence-corrected chi connectivity index (χ3v) is 3.38. The van der Waals surface area contributed by atoms with E-state index in [1.165, 1.54) is 11.8 Å².